The van der Waals surface area contributed by atoms with Gasteiger partial charge in [-0.2, -0.15) is 5.26 Å². The zero-order chi connectivity index (χ0) is 19.2. The summed E-state index contributed by atoms with van der Waals surface area (Å²) in [4.78, 5) is 24.0. The Kier molecular flexibility index (Phi) is 6.20. The fraction of sp³-hybridized carbons (Fsp3) is 0.500. The van der Waals surface area contributed by atoms with E-state index in [2.05, 4.69) is 22.9 Å². The molecule has 7 nitrogen and oxygen atoms in total. The Labute approximate surface area is 158 Å². The largest absolute Gasteiger partial charge is 0.462 e. The number of nitriles is 1. The minimum absolute atomic E-state index is 0.102. The van der Waals surface area contributed by atoms with E-state index in [-0.39, 0.29) is 13.2 Å². The molecule has 1 aromatic heterocycles. The summed E-state index contributed by atoms with van der Waals surface area (Å²) in [6, 6.07) is 9.54. The van der Waals surface area contributed by atoms with Gasteiger partial charge in [0.25, 0.3) is 0 Å². The highest BCUT2D eigenvalue weighted by Crippen LogP contribution is 2.30. The molecular weight excluding hydrogens is 344 g/mol. The minimum atomic E-state index is -1.12. The zero-order valence-electron chi connectivity index (χ0n) is 15.7. The molecule has 0 radical (unpaired) electrons. The summed E-state index contributed by atoms with van der Waals surface area (Å²) in [5.41, 5.74) is 1.78. The quantitative estimate of drug-likeness (QED) is 0.572. The van der Waals surface area contributed by atoms with Crippen LogP contribution in [-0.4, -0.2) is 49.4 Å². The molecule has 0 amide bonds. The molecule has 0 unspecified atom stereocenters. The van der Waals surface area contributed by atoms with E-state index < -0.39 is 11.9 Å². The van der Waals surface area contributed by atoms with Crippen molar-refractivity contribution < 1.29 is 14.3 Å². The van der Waals surface area contributed by atoms with Gasteiger partial charge >= 0.3 is 5.97 Å². The lowest BCUT2D eigenvalue weighted by atomic mass is 9.99. The number of carbonyl (C=O) groups excluding carboxylic acids is 1. The number of para-hydroxylation sites is 2. The number of rotatable bonds is 6. The van der Waals surface area contributed by atoms with Gasteiger partial charge in [-0.25, -0.2) is 9.97 Å². The van der Waals surface area contributed by atoms with Crippen molar-refractivity contribution in [1.82, 2.24) is 9.97 Å². The normalized spacial score (nSPS) is 18.1. The van der Waals surface area contributed by atoms with E-state index in [0.717, 1.165) is 31.4 Å². The molecule has 7 heteroatoms. The van der Waals surface area contributed by atoms with Crippen LogP contribution in [0.4, 0.5) is 5.82 Å². The van der Waals surface area contributed by atoms with E-state index in [9.17, 15) is 10.1 Å². The van der Waals surface area contributed by atoms with Gasteiger partial charge in [-0.05, 0) is 30.9 Å². The molecule has 1 aromatic carbocycles. The summed E-state index contributed by atoms with van der Waals surface area (Å²) in [5, 5.41) is 9.68. The molecule has 1 fully saturated rings. The van der Waals surface area contributed by atoms with Crippen molar-refractivity contribution in [2.45, 2.75) is 25.7 Å². The summed E-state index contributed by atoms with van der Waals surface area (Å²) in [6.45, 7) is 4.24. The lowest BCUT2D eigenvalue weighted by Gasteiger charge is -2.33. The number of hydrogen-bond donors (Lipinski definition) is 0. The molecule has 1 aliphatic rings. The summed E-state index contributed by atoms with van der Waals surface area (Å²) < 4.78 is 10.1. The molecule has 0 aliphatic carbocycles. The molecule has 2 atom stereocenters. The van der Waals surface area contributed by atoms with Crippen LogP contribution in [-0.2, 0) is 14.3 Å². The fourth-order valence-electron chi connectivity index (χ4n) is 3.35. The second-order valence-corrected chi connectivity index (χ2v) is 6.84. The van der Waals surface area contributed by atoms with E-state index in [0.29, 0.717) is 22.9 Å². The molecular formula is C20H24N4O3. The first-order valence-electron chi connectivity index (χ1n) is 9.21. The monoisotopic (exact) mass is 368 g/mol. The van der Waals surface area contributed by atoms with Crippen molar-refractivity contribution in [3.05, 3.63) is 30.0 Å². The molecule has 2 aromatic rings. The van der Waals surface area contributed by atoms with Gasteiger partial charge in [-0.1, -0.05) is 19.1 Å². The third-order valence-corrected chi connectivity index (χ3v) is 4.70. The second-order valence-electron chi connectivity index (χ2n) is 6.84. The highest BCUT2D eigenvalue weighted by molar-refractivity contribution is 5.85. The molecule has 2 heterocycles. The number of anilines is 1. The average molecular weight is 368 g/mol. The van der Waals surface area contributed by atoms with Crippen molar-refractivity contribution in [2.24, 2.45) is 5.92 Å². The van der Waals surface area contributed by atoms with Gasteiger partial charge < -0.3 is 14.4 Å². The Hall–Kier alpha value is -2.72. The number of methoxy groups -OCH3 is 1. The predicted molar refractivity (Wildman–Crippen MR) is 101 cm³/mol. The topological polar surface area (TPSA) is 88.3 Å². The van der Waals surface area contributed by atoms with Crippen LogP contribution < -0.4 is 4.90 Å². The predicted octanol–water partition coefficient (Wildman–Crippen LogP) is 2.66. The van der Waals surface area contributed by atoms with Crippen LogP contribution in [0.25, 0.3) is 11.0 Å². The number of nitrogens with zero attached hydrogens (tertiary/aromatic N) is 4. The maximum Gasteiger partial charge on any atom is 0.329 e. The zero-order valence-corrected chi connectivity index (χ0v) is 15.7. The molecule has 0 saturated carbocycles. The number of benzene rings is 1. The first kappa shape index (κ1) is 19.1. The SMILES string of the molecule is COCCOC(=O)[C@H](C#N)c1nc2ccccc2nc1N1CCC[C@@H](C)C1. The van der Waals surface area contributed by atoms with Crippen LogP contribution >= 0.6 is 0 Å². The van der Waals surface area contributed by atoms with Gasteiger partial charge in [-0.15, -0.1) is 0 Å². The van der Waals surface area contributed by atoms with E-state index in [1.807, 2.05) is 24.3 Å². The van der Waals surface area contributed by atoms with Gasteiger partial charge in [0.05, 0.1) is 23.7 Å². The maximum absolute atomic E-state index is 12.5. The summed E-state index contributed by atoms with van der Waals surface area (Å²) in [5.74, 6) is -0.610. The molecule has 27 heavy (non-hydrogen) atoms. The van der Waals surface area contributed by atoms with Crippen LogP contribution in [0.2, 0.25) is 0 Å². The van der Waals surface area contributed by atoms with Gasteiger partial charge in [0, 0.05) is 20.2 Å². The van der Waals surface area contributed by atoms with Gasteiger partial charge in [0.1, 0.15) is 12.3 Å². The van der Waals surface area contributed by atoms with E-state index >= 15 is 0 Å². The van der Waals surface area contributed by atoms with Crippen LogP contribution in [0.1, 0.15) is 31.4 Å². The lowest BCUT2D eigenvalue weighted by molar-refractivity contribution is -0.145. The van der Waals surface area contributed by atoms with Crippen LogP contribution in [0.3, 0.4) is 0 Å². The third-order valence-electron chi connectivity index (χ3n) is 4.70. The van der Waals surface area contributed by atoms with Crippen molar-refractivity contribution >= 4 is 22.8 Å². The fourth-order valence-corrected chi connectivity index (χ4v) is 3.35. The van der Waals surface area contributed by atoms with Crippen molar-refractivity contribution in [2.75, 3.05) is 38.3 Å². The number of carbonyl (C=O) groups is 1. The third kappa shape index (κ3) is 4.34. The van der Waals surface area contributed by atoms with E-state index in [4.69, 9.17) is 14.5 Å². The summed E-state index contributed by atoms with van der Waals surface area (Å²) in [6.07, 6.45) is 2.21. The van der Waals surface area contributed by atoms with E-state index in [1.165, 1.54) is 7.11 Å². The molecule has 1 saturated heterocycles. The molecule has 0 spiro atoms. The molecule has 3 rings (SSSR count). The molecule has 142 valence electrons. The Morgan fingerprint density at radius 3 is 2.74 bits per heavy atom. The number of hydrogen-bond acceptors (Lipinski definition) is 7. The summed E-state index contributed by atoms with van der Waals surface area (Å²) >= 11 is 0. The van der Waals surface area contributed by atoms with Gasteiger partial charge in [0.15, 0.2) is 11.7 Å². The minimum Gasteiger partial charge on any atom is -0.462 e. The van der Waals surface area contributed by atoms with Crippen LogP contribution in [0.5, 0.6) is 0 Å². The second kappa shape index (κ2) is 8.78. The Morgan fingerprint density at radius 1 is 1.33 bits per heavy atom. The number of piperidine rings is 1. The average Bonchev–Trinajstić information content (AvgIpc) is 2.68. The highest BCUT2D eigenvalue weighted by atomic mass is 16.6. The molecule has 0 N–H and O–H groups in total. The Bertz CT molecular complexity index is 849. The first-order chi connectivity index (χ1) is 13.1. The molecule has 1 aliphatic heterocycles. The van der Waals surface area contributed by atoms with Crippen molar-refractivity contribution in [3.8, 4) is 6.07 Å². The van der Waals surface area contributed by atoms with E-state index in [1.54, 1.807) is 0 Å². The number of ether oxygens (including phenoxy) is 2. The Morgan fingerprint density at radius 2 is 2.07 bits per heavy atom. The first-order valence-corrected chi connectivity index (χ1v) is 9.21. The summed E-state index contributed by atoms with van der Waals surface area (Å²) in [7, 11) is 1.53. The van der Waals surface area contributed by atoms with Crippen LogP contribution in [0, 0.1) is 17.2 Å². The molecule has 0 bridgehead atoms. The van der Waals surface area contributed by atoms with Gasteiger partial charge in [-0.3, -0.25) is 4.79 Å². The lowest BCUT2D eigenvalue weighted by Crippen LogP contribution is -2.36. The smallest absolute Gasteiger partial charge is 0.329 e. The highest BCUT2D eigenvalue weighted by Gasteiger charge is 2.31. The number of esters is 1. The van der Waals surface area contributed by atoms with Crippen molar-refractivity contribution in [3.63, 3.8) is 0 Å². The van der Waals surface area contributed by atoms with Gasteiger partial charge in [0.2, 0.25) is 0 Å². The van der Waals surface area contributed by atoms with Crippen LogP contribution in [0.15, 0.2) is 24.3 Å². The standard InChI is InChI=1S/C20H24N4O3/c1-14-6-5-9-24(13-14)19-18(15(12-21)20(25)27-11-10-26-2)22-16-7-3-4-8-17(16)23-19/h3-4,7-8,14-15H,5-6,9-11,13H2,1-2H3/t14-,15-/m1/s1. The number of aromatic nitrogens is 2. The maximum atomic E-state index is 12.5. The van der Waals surface area contributed by atoms with Crippen molar-refractivity contribution in [1.29, 1.82) is 5.26 Å². The number of fused-ring (bicyclic) bond motifs is 1. The Balaban J connectivity index is 2.01.